The number of benzene rings is 2. The van der Waals surface area contributed by atoms with E-state index >= 15 is 0 Å². The minimum Gasteiger partial charge on any atom is -0.490 e. The van der Waals surface area contributed by atoms with Gasteiger partial charge in [0.15, 0.2) is 5.11 Å². The first-order valence-electron chi connectivity index (χ1n) is 9.88. The van der Waals surface area contributed by atoms with Crippen LogP contribution in [0.2, 0.25) is 0 Å². The molecular weight excluding hydrogens is 418 g/mol. The summed E-state index contributed by atoms with van der Waals surface area (Å²) in [6.45, 7) is 3.04. The van der Waals surface area contributed by atoms with Gasteiger partial charge in [0.2, 0.25) is 0 Å². The Balaban J connectivity index is 1.56. The molecule has 1 heterocycles. The molecule has 9 heteroatoms. The van der Waals surface area contributed by atoms with Crippen molar-refractivity contribution < 1.29 is 23.8 Å². The van der Waals surface area contributed by atoms with Crippen LogP contribution in [0.1, 0.15) is 20.7 Å². The average Bonchev–Trinajstić information content (AvgIpc) is 2.80. The molecular formula is C22H25N3O5S. The van der Waals surface area contributed by atoms with Crippen LogP contribution in [-0.2, 0) is 9.47 Å². The topological polar surface area (TPSA) is 89.1 Å². The summed E-state index contributed by atoms with van der Waals surface area (Å²) in [6, 6.07) is 13.8. The van der Waals surface area contributed by atoms with Gasteiger partial charge in [-0.05, 0) is 48.6 Å². The largest absolute Gasteiger partial charge is 0.490 e. The molecule has 0 aliphatic carbocycles. The molecule has 1 fully saturated rings. The van der Waals surface area contributed by atoms with Gasteiger partial charge in [0.05, 0.1) is 25.4 Å². The number of ether oxygens (including phenoxy) is 3. The molecule has 0 atom stereocenters. The minimum absolute atomic E-state index is 0.0317. The Morgan fingerprint density at radius 3 is 2.48 bits per heavy atom. The molecule has 0 spiro atoms. The zero-order valence-corrected chi connectivity index (χ0v) is 18.1. The van der Waals surface area contributed by atoms with E-state index < -0.39 is 0 Å². The summed E-state index contributed by atoms with van der Waals surface area (Å²) in [5, 5.41) is 5.74. The van der Waals surface area contributed by atoms with Crippen LogP contribution < -0.4 is 15.4 Å². The Kier molecular flexibility index (Phi) is 8.34. The van der Waals surface area contributed by atoms with Crippen molar-refractivity contribution in [2.75, 3.05) is 51.9 Å². The van der Waals surface area contributed by atoms with Crippen LogP contribution >= 0.6 is 12.2 Å². The van der Waals surface area contributed by atoms with Gasteiger partial charge in [0, 0.05) is 31.5 Å². The molecule has 0 radical (unpaired) electrons. The molecule has 31 heavy (non-hydrogen) atoms. The second-order valence-corrected chi connectivity index (χ2v) is 7.14. The van der Waals surface area contributed by atoms with Crippen LogP contribution in [0.3, 0.4) is 0 Å². The highest BCUT2D eigenvalue weighted by atomic mass is 32.1. The normalized spacial score (nSPS) is 13.4. The number of hydrogen-bond acceptors (Lipinski definition) is 6. The number of nitrogens with one attached hydrogen (secondary N) is 2. The van der Waals surface area contributed by atoms with Crippen LogP contribution in [0.4, 0.5) is 5.69 Å². The summed E-state index contributed by atoms with van der Waals surface area (Å²) in [5.74, 6) is 0.0336. The maximum atomic E-state index is 12.6. The minimum atomic E-state index is -0.385. The van der Waals surface area contributed by atoms with Gasteiger partial charge in [-0.15, -0.1) is 0 Å². The third kappa shape index (κ3) is 6.48. The predicted octanol–water partition coefficient (Wildman–Crippen LogP) is 2.31. The number of morpholine rings is 1. The molecule has 1 saturated heterocycles. The number of anilines is 1. The molecule has 0 unspecified atom stereocenters. The van der Waals surface area contributed by atoms with Gasteiger partial charge in [-0.1, -0.05) is 12.1 Å². The van der Waals surface area contributed by atoms with Crippen LogP contribution in [0.15, 0.2) is 48.5 Å². The predicted molar refractivity (Wildman–Crippen MR) is 121 cm³/mol. The van der Waals surface area contributed by atoms with Crippen molar-refractivity contribution in [1.82, 2.24) is 10.2 Å². The fourth-order valence-corrected chi connectivity index (χ4v) is 3.20. The van der Waals surface area contributed by atoms with Gasteiger partial charge in [0.1, 0.15) is 12.4 Å². The number of carbonyl (C=O) groups excluding carboxylic acids is 2. The first-order valence-corrected chi connectivity index (χ1v) is 10.3. The molecule has 0 bridgehead atoms. The van der Waals surface area contributed by atoms with Crippen molar-refractivity contribution >= 4 is 34.8 Å². The molecule has 1 aliphatic rings. The number of para-hydroxylation sites is 1. The average molecular weight is 444 g/mol. The maximum Gasteiger partial charge on any atom is 0.261 e. The van der Waals surface area contributed by atoms with E-state index in [4.69, 9.17) is 26.4 Å². The first-order chi connectivity index (χ1) is 15.1. The number of thiocarbonyl (C=S) groups is 1. The quantitative estimate of drug-likeness (QED) is 0.501. The molecule has 0 saturated carbocycles. The molecule has 1 aliphatic heterocycles. The first kappa shape index (κ1) is 22.7. The Bertz CT molecular complexity index is 914. The van der Waals surface area contributed by atoms with Crippen LogP contribution in [0.5, 0.6) is 5.75 Å². The summed E-state index contributed by atoms with van der Waals surface area (Å²) in [6.07, 6.45) is 0. The van der Waals surface area contributed by atoms with Crippen molar-refractivity contribution in [3.63, 3.8) is 0 Å². The van der Waals surface area contributed by atoms with Crippen LogP contribution in [-0.4, -0.2) is 68.5 Å². The fourth-order valence-electron chi connectivity index (χ4n) is 2.99. The maximum absolute atomic E-state index is 12.6. The Morgan fingerprint density at radius 2 is 1.77 bits per heavy atom. The van der Waals surface area contributed by atoms with Crippen molar-refractivity contribution in [3.8, 4) is 5.75 Å². The molecule has 2 N–H and O–H groups in total. The highest BCUT2D eigenvalue weighted by Gasteiger charge is 2.18. The van der Waals surface area contributed by atoms with Gasteiger partial charge in [-0.2, -0.15) is 0 Å². The number of hydrogen-bond donors (Lipinski definition) is 2. The molecule has 8 nitrogen and oxygen atoms in total. The summed E-state index contributed by atoms with van der Waals surface area (Å²) in [5.41, 5.74) is 1.62. The summed E-state index contributed by atoms with van der Waals surface area (Å²) in [4.78, 5) is 26.9. The monoisotopic (exact) mass is 443 g/mol. The van der Waals surface area contributed by atoms with E-state index in [2.05, 4.69) is 10.6 Å². The molecule has 0 aromatic heterocycles. The van der Waals surface area contributed by atoms with Crippen molar-refractivity contribution in [1.29, 1.82) is 0 Å². The number of carbonyl (C=O) groups is 2. The van der Waals surface area contributed by atoms with Crippen molar-refractivity contribution in [3.05, 3.63) is 59.7 Å². The van der Waals surface area contributed by atoms with E-state index in [1.165, 1.54) is 0 Å². The van der Waals surface area contributed by atoms with Crippen LogP contribution in [0, 0.1) is 0 Å². The van der Waals surface area contributed by atoms with Gasteiger partial charge in [0.25, 0.3) is 11.8 Å². The summed E-state index contributed by atoms with van der Waals surface area (Å²) < 4.78 is 15.8. The third-order valence-electron chi connectivity index (χ3n) is 4.59. The molecule has 2 aromatic rings. The molecule has 3 rings (SSSR count). The second kappa shape index (κ2) is 11.4. The smallest absolute Gasteiger partial charge is 0.261 e. The van der Waals surface area contributed by atoms with Gasteiger partial charge >= 0.3 is 0 Å². The Morgan fingerprint density at radius 1 is 1.06 bits per heavy atom. The van der Waals surface area contributed by atoms with Crippen molar-refractivity contribution in [2.24, 2.45) is 0 Å². The van der Waals surface area contributed by atoms with E-state index in [1.54, 1.807) is 60.5 Å². The lowest BCUT2D eigenvalue weighted by atomic mass is 10.1. The molecule has 2 aromatic carbocycles. The van der Waals surface area contributed by atoms with Crippen LogP contribution in [0.25, 0.3) is 0 Å². The molecule has 164 valence electrons. The highest BCUT2D eigenvalue weighted by Crippen LogP contribution is 2.18. The molecule has 2 amide bonds. The van der Waals surface area contributed by atoms with E-state index in [0.717, 1.165) is 0 Å². The Labute approximate surface area is 186 Å². The lowest BCUT2D eigenvalue weighted by Crippen LogP contribution is -2.40. The second-order valence-electron chi connectivity index (χ2n) is 6.73. The lowest BCUT2D eigenvalue weighted by molar-refractivity contribution is 0.0303. The van der Waals surface area contributed by atoms with E-state index in [-0.39, 0.29) is 16.9 Å². The zero-order valence-electron chi connectivity index (χ0n) is 17.3. The standard InChI is InChI=1S/C22H25N3O5S/c1-28-14-15-30-19-5-3-2-4-18(19)20(26)24-22(31)23-17-8-6-16(7-9-17)21(27)25-10-12-29-13-11-25/h2-9H,10-15H2,1H3,(H2,23,24,26,31). The Hall–Kier alpha value is -3.01. The highest BCUT2D eigenvalue weighted by molar-refractivity contribution is 7.80. The zero-order chi connectivity index (χ0) is 22.1. The lowest BCUT2D eigenvalue weighted by Gasteiger charge is -2.26. The van der Waals surface area contributed by atoms with E-state index in [9.17, 15) is 9.59 Å². The van der Waals surface area contributed by atoms with Gasteiger partial charge in [-0.25, -0.2) is 0 Å². The number of amides is 2. The third-order valence-corrected chi connectivity index (χ3v) is 4.80. The van der Waals surface area contributed by atoms with Crippen molar-refractivity contribution in [2.45, 2.75) is 0 Å². The summed E-state index contributed by atoms with van der Waals surface area (Å²) >= 11 is 5.26. The van der Waals surface area contributed by atoms with E-state index in [0.29, 0.717) is 62.1 Å². The van der Waals surface area contributed by atoms with E-state index in [1.807, 2.05) is 0 Å². The number of methoxy groups -OCH3 is 1. The van der Waals surface area contributed by atoms with Gasteiger partial charge in [-0.3, -0.25) is 14.9 Å². The summed E-state index contributed by atoms with van der Waals surface area (Å²) in [7, 11) is 1.58. The number of rotatable bonds is 7. The number of nitrogens with zero attached hydrogens (tertiary/aromatic N) is 1. The fraction of sp³-hybridized carbons (Fsp3) is 0.318. The SMILES string of the molecule is COCCOc1ccccc1C(=O)NC(=S)Nc1ccc(C(=O)N2CCOCC2)cc1. The van der Waals surface area contributed by atoms with Gasteiger partial charge < -0.3 is 24.4 Å².